The van der Waals surface area contributed by atoms with Crippen LogP contribution in [0.3, 0.4) is 0 Å². The van der Waals surface area contributed by atoms with Crippen LogP contribution in [-0.2, 0) is 21.4 Å². The van der Waals surface area contributed by atoms with Crippen LogP contribution in [0.4, 0.5) is 10.3 Å². The van der Waals surface area contributed by atoms with Gasteiger partial charge in [-0.2, -0.15) is 0 Å². The van der Waals surface area contributed by atoms with E-state index in [1.165, 1.54) is 12.1 Å². The van der Waals surface area contributed by atoms with Crippen molar-refractivity contribution >= 4 is 17.8 Å². The van der Waals surface area contributed by atoms with Crippen LogP contribution in [-0.4, -0.2) is 52.6 Å². The highest BCUT2D eigenvalue weighted by Crippen LogP contribution is 2.22. The van der Waals surface area contributed by atoms with Gasteiger partial charge in [-0.05, 0) is 38.1 Å². The molecule has 2 aromatic rings. The fourth-order valence-corrected chi connectivity index (χ4v) is 2.47. The number of amides is 2. The van der Waals surface area contributed by atoms with E-state index in [0.29, 0.717) is 19.0 Å². The van der Waals surface area contributed by atoms with Crippen LogP contribution in [0, 0.1) is 5.82 Å². The highest BCUT2D eigenvalue weighted by Gasteiger charge is 2.13. The van der Waals surface area contributed by atoms with Gasteiger partial charge in [-0.25, -0.2) is 9.37 Å². The highest BCUT2D eigenvalue weighted by molar-refractivity contribution is 5.90. The Morgan fingerprint density at radius 1 is 1.19 bits per heavy atom. The Kier molecular flexibility index (Phi) is 6.85. The molecule has 0 saturated carbocycles. The van der Waals surface area contributed by atoms with Crippen molar-refractivity contribution in [1.29, 1.82) is 0 Å². The smallest absolute Gasteiger partial charge is 0.252 e. The van der Waals surface area contributed by atoms with E-state index in [4.69, 9.17) is 4.74 Å². The zero-order valence-electron chi connectivity index (χ0n) is 15.2. The van der Waals surface area contributed by atoms with Crippen LogP contribution in [0.1, 0.15) is 13.8 Å². The van der Waals surface area contributed by atoms with Gasteiger partial charge in [-0.15, -0.1) is 0 Å². The molecule has 8 heteroatoms. The molecule has 7 nitrogen and oxygen atoms in total. The Morgan fingerprint density at radius 2 is 1.85 bits per heavy atom. The maximum Gasteiger partial charge on any atom is 0.252 e. The molecule has 140 valence electrons. The van der Waals surface area contributed by atoms with Crippen LogP contribution in [0.2, 0.25) is 0 Å². The molecule has 2 rings (SSSR count). The predicted molar refractivity (Wildman–Crippen MR) is 96.0 cm³/mol. The van der Waals surface area contributed by atoms with Crippen molar-refractivity contribution in [2.75, 3.05) is 31.6 Å². The van der Waals surface area contributed by atoms with E-state index in [0.717, 1.165) is 11.3 Å². The molecular weight excluding hydrogens is 339 g/mol. The second-order valence-electron chi connectivity index (χ2n) is 5.64. The largest absolute Gasteiger partial charge is 0.362 e. The molecule has 0 spiro atoms. The standard InChI is InChI=1S/C18H23FN4O3/c1-4-23(5-2)17(25)12-26-11-16(24)21-18-20-10-15(22(18)3)13-6-8-14(19)9-7-13/h6-10H,4-5,11-12H2,1-3H3,(H,20,21,24). The first-order valence-electron chi connectivity index (χ1n) is 8.39. The van der Waals surface area contributed by atoms with E-state index < -0.39 is 5.91 Å². The lowest BCUT2D eigenvalue weighted by molar-refractivity contribution is -0.137. The van der Waals surface area contributed by atoms with Crippen LogP contribution in [0.25, 0.3) is 11.3 Å². The molecule has 0 fully saturated rings. The number of hydrogen-bond donors (Lipinski definition) is 1. The van der Waals surface area contributed by atoms with Gasteiger partial charge in [0.05, 0.1) is 11.9 Å². The normalized spacial score (nSPS) is 10.6. The number of carbonyl (C=O) groups excluding carboxylic acids is 2. The first kappa shape index (κ1) is 19.6. The van der Waals surface area contributed by atoms with Crippen molar-refractivity contribution in [2.24, 2.45) is 7.05 Å². The van der Waals surface area contributed by atoms with Gasteiger partial charge in [-0.1, -0.05) is 0 Å². The van der Waals surface area contributed by atoms with Crippen molar-refractivity contribution in [2.45, 2.75) is 13.8 Å². The number of carbonyl (C=O) groups is 2. The average molecular weight is 362 g/mol. The molecule has 1 heterocycles. The summed E-state index contributed by atoms with van der Waals surface area (Å²) in [7, 11) is 1.74. The van der Waals surface area contributed by atoms with Crippen LogP contribution < -0.4 is 5.32 Å². The lowest BCUT2D eigenvalue weighted by atomic mass is 10.2. The lowest BCUT2D eigenvalue weighted by Crippen LogP contribution is -2.34. The second kappa shape index (κ2) is 9.10. The van der Waals surface area contributed by atoms with E-state index in [1.54, 1.807) is 34.8 Å². The van der Waals surface area contributed by atoms with Crippen molar-refractivity contribution in [1.82, 2.24) is 14.5 Å². The Balaban J connectivity index is 1.90. The third-order valence-corrected chi connectivity index (χ3v) is 3.95. The SMILES string of the molecule is CCN(CC)C(=O)COCC(=O)Nc1ncc(-c2ccc(F)cc2)n1C. The van der Waals surface area contributed by atoms with Gasteiger partial charge in [0.25, 0.3) is 5.91 Å². The number of ether oxygens (including phenoxy) is 1. The van der Waals surface area contributed by atoms with Gasteiger partial charge in [0.1, 0.15) is 19.0 Å². The zero-order valence-corrected chi connectivity index (χ0v) is 15.2. The topological polar surface area (TPSA) is 76.5 Å². The number of aromatic nitrogens is 2. The second-order valence-corrected chi connectivity index (χ2v) is 5.64. The summed E-state index contributed by atoms with van der Waals surface area (Å²) in [5, 5.41) is 2.63. The van der Waals surface area contributed by atoms with Crippen LogP contribution >= 0.6 is 0 Å². The highest BCUT2D eigenvalue weighted by atomic mass is 19.1. The van der Waals surface area contributed by atoms with Crippen molar-refractivity contribution in [3.8, 4) is 11.3 Å². The van der Waals surface area contributed by atoms with Gasteiger partial charge in [0, 0.05) is 25.7 Å². The molecular formula is C18H23FN4O3. The summed E-state index contributed by atoms with van der Waals surface area (Å²) in [5.74, 6) is -0.538. The number of nitrogens with zero attached hydrogens (tertiary/aromatic N) is 3. The van der Waals surface area contributed by atoms with E-state index in [1.807, 2.05) is 13.8 Å². The number of rotatable bonds is 8. The molecule has 1 aromatic carbocycles. The van der Waals surface area contributed by atoms with E-state index in [9.17, 15) is 14.0 Å². The maximum absolute atomic E-state index is 13.0. The van der Waals surface area contributed by atoms with Gasteiger partial charge in [-0.3, -0.25) is 14.9 Å². The number of imidazole rings is 1. The summed E-state index contributed by atoms with van der Waals surface area (Å²) >= 11 is 0. The number of likely N-dealkylation sites (N-methyl/N-ethyl adjacent to an activating group) is 1. The summed E-state index contributed by atoms with van der Waals surface area (Å²) in [5.41, 5.74) is 1.51. The van der Waals surface area contributed by atoms with Crippen molar-refractivity contribution in [3.05, 3.63) is 36.3 Å². The number of hydrogen-bond acceptors (Lipinski definition) is 4. The van der Waals surface area contributed by atoms with Crippen molar-refractivity contribution in [3.63, 3.8) is 0 Å². The zero-order chi connectivity index (χ0) is 19.1. The lowest BCUT2D eigenvalue weighted by Gasteiger charge is -2.18. The Morgan fingerprint density at radius 3 is 2.46 bits per heavy atom. The predicted octanol–water partition coefficient (Wildman–Crippen LogP) is 2.05. The number of nitrogens with one attached hydrogen (secondary N) is 1. The monoisotopic (exact) mass is 362 g/mol. The molecule has 0 aliphatic heterocycles. The molecule has 1 aromatic heterocycles. The first-order valence-corrected chi connectivity index (χ1v) is 8.39. The third kappa shape index (κ3) is 4.89. The molecule has 0 aliphatic carbocycles. The number of benzene rings is 1. The molecule has 0 saturated heterocycles. The summed E-state index contributed by atoms with van der Waals surface area (Å²) < 4.78 is 19.9. The van der Waals surface area contributed by atoms with Gasteiger partial charge >= 0.3 is 0 Å². The minimum Gasteiger partial charge on any atom is -0.362 e. The number of halogens is 1. The van der Waals surface area contributed by atoms with Crippen LogP contribution in [0.5, 0.6) is 0 Å². The fraction of sp³-hybridized carbons (Fsp3) is 0.389. The van der Waals surface area contributed by atoms with E-state index >= 15 is 0 Å². The molecule has 1 N–H and O–H groups in total. The minimum absolute atomic E-state index is 0.142. The molecule has 0 bridgehead atoms. The third-order valence-electron chi connectivity index (χ3n) is 3.95. The quantitative estimate of drug-likeness (QED) is 0.780. The van der Waals surface area contributed by atoms with Crippen LogP contribution in [0.15, 0.2) is 30.5 Å². The van der Waals surface area contributed by atoms with Gasteiger partial charge < -0.3 is 14.2 Å². The summed E-state index contributed by atoms with van der Waals surface area (Å²) in [6, 6.07) is 6.00. The minimum atomic E-state index is -0.406. The summed E-state index contributed by atoms with van der Waals surface area (Å²) in [4.78, 5) is 29.6. The summed E-state index contributed by atoms with van der Waals surface area (Å²) in [6.07, 6.45) is 1.59. The van der Waals surface area contributed by atoms with E-state index in [-0.39, 0.29) is 24.9 Å². The first-order chi connectivity index (χ1) is 12.5. The Bertz CT molecular complexity index is 754. The summed E-state index contributed by atoms with van der Waals surface area (Å²) in [6.45, 7) is 4.58. The van der Waals surface area contributed by atoms with Gasteiger partial charge in [0.2, 0.25) is 11.9 Å². The fourth-order valence-electron chi connectivity index (χ4n) is 2.47. The average Bonchev–Trinajstić information content (AvgIpc) is 2.97. The molecule has 0 radical (unpaired) electrons. The maximum atomic E-state index is 13.0. The van der Waals surface area contributed by atoms with E-state index in [2.05, 4.69) is 10.3 Å². The molecule has 2 amide bonds. The molecule has 26 heavy (non-hydrogen) atoms. The molecule has 0 unspecified atom stereocenters. The molecule has 0 atom stereocenters. The number of anilines is 1. The molecule has 0 aliphatic rings. The van der Waals surface area contributed by atoms with Crippen molar-refractivity contribution < 1.29 is 18.7 Å². The Labute approximate surface area is 151 Å². The van der Waals surface area contributed by atoms with Gasteiger partial charge in [0.15, 0.2) is 0 Å². The Hall–Kier alpha value is -2.74.